The van der Waals surface area contributed by atoms with Crippen LogP contribution in [0.25, 0.3) is 0 Å². The zero-order valence-electron chi connectivity index (χ0n) is 16.3. The van der Waals surface area contributed by atoms with Gasteiger partial charge in [-0.15, -0.1) is 12.4 Å². The Labute approximate surface area is 167 Å². The summed E-state index contributed by atoms with van der Waals surface area (Å²) in [6, 6.07) is -0.00108. The summed E-state index contributed by atoms with van der Waals surface area (Å²) < 4.78 is 10.9. The number of piperidine rings is 1. The number of halogens is 1. The minimum absolute atomic E-state index is 0. The van der Waals surface area contributed by atoms with Crippen molar-refractivity contribution in [1.29, 1.82) is 0 Å². The molecule has 3 rings (SSSR count). The van der Waals surface area contributed by atoms with Crippen molar-refractivity contribution in [2.75, 3.05) is 32.8 Å². The molecule has 2 saturated heterocycles. The Bertz CT molecular complexity index is 579. The van der Waals surface area contributed by atoms with E-state index in [2.05, 4.69) is 25.7 Å². The highest BCUT2D eigenvalue weighted by molar-refractivity contribution is 5.85. The van der Waals surface area contributed by atoms with Crippen molar-refractivity contribution < 1.29 is 14.1 Å². The van der Waals surface area contributed by atoms with Gasteiger partial charge in [0.25, 0.3) is 0 Å². The monoisotopic (exact) mass is 401 g/mol. The number of hydrogen-bond acceptors (Lipinski definition) is 7. The molecule has 1 amide bonds. The second-order valence-electron chi connectivity index (χ2n) is 7.28. The lowest BCUT2D eigenvalue weighted by Gasteiger charge is -2.32. The molecule has 0 radical (unpaired) electrons. The number of hydrogen-bond donors (Lipinski definition) is 2. The molecule has 0 aromatic carbocycles. The standard InChI is InChI=1S/C18H31N5O3.ClH/c1-3-25-13(2)17-21-16(26-22-17)12-23-9-5-6-14(11-23)10-20-18(24)15-7-4-8-19-15;/h13-15,19H,3-12H2,1-2H3,(H,20,24);1H. The van der Waals surface area contributed by atoms with E-state index in [-0.39, 0.29) is 30.5 Å². The van der Waals surface area contributed by atoms with Gasteiger partial charge in [-0.2, -0.15) is 4.98 Å². The van der Waals surface area contributed by atoms with Gasteiger partial charge in [0.2, 0.25) is 11.8 Å². The molecule has 1 aromatic heterocycles. The molecule has 0 spiro atoms. The summed E-state index contributed by atoms with van der Waals surface area (Å²) in [6.07, 6.45) is 4.15. The third-order valence-corrected chi connectivity index (χ3v) is 5.17. The Kier molecular flexibility index (Phi) is 8.95. The van der Waals surface area contributed by atoms with Gasteiger partial charge in [-0.3, -0.25) is 9.69 Å². The third-order valence-electron chi connectivity index (χ3n) is 5.17. The van der Waals surface area contributed by atoms with Crippen molar-refractivity contribution in [3.63, 3.8) is 0 Å². The van der Waals surface area contributed by atoms with Crippen molar-refractivity contribution in [3.8, 4) is 0 Å². The van der Waals surface area contributed by atoms with E-state index >= 15 is 0 Å². The second kappa shape index (κ2) is 10.9. The highest BCUT2D eigenvalue weighted by Crippen LogP contribution is 2.19. The van der Waals surface area contributed by atoms with Gasteiger partial charge >= 0.3 is 0 Å². The SMILES string of the molecule is CCOC(C)c1noc(CN2CCCC(CNC(=O)C3CCCN3)C2)n1.Cl. The summed E-state index contributed by atoms with van der Waals surface area (Å²) >= 11 is 0. The van der Waals surface area contributed by atoms with E-state index in [9.17, 15) is 4.79 Å². The molecule has 0 aliphatic carbocycles. The first-order chi connectivity index (χ1) is 12.7. The molecule has 8 nitrogen and oxygen atoms in total. The van der Waals surface area contributed by atoms with Crippen molar-refractivity contribution in [1.82, 2.24) is 25.7 Å². The molecule has 27 heavy (non-hydrogen) atoms. The normalized spacial score (nSPS) is 24.4. The average molecular weight is 402 g/mol. The summed E-state index contributed by atoms with van der Waals surface area (Å²) in [4.78, 5) is 18.9. The van der Waals surface area contributed by atoms with Crippen LogP contribution in [-0.4, -0.2) is 59.8 Å². The van der Waals surface area contributed by atoms with E-state index in [1.165, 1.54) is 0 Å². The van der Waals surface area contributed by atoms with E-state index in [0.717, 1.165) is 51.9 Å². The van der Waals surface area contributed by atoms with E-state index in [4.69, 9.17) is 9.26 Å². The van der Waals surface area contributed by atoms with Crippen LogP contribution in [-0.2, 0) is 16.1 Å². The van der Waals surface area contributed by atoms with Crippen LogP contribution >= 0.6 is 12.4 Å². The minimum atomic E-state index is -0.147. The van der Waals surface area contributed by atoms with E-state index < -0.39 is 0 Å². The number of aromatic nitrogens is 2. The van der Waals surface area contributed by atoms with Gasteiger partial charge in [0.15, 0.2) is 5.82 Å². The zero-order chi connectivity index (χ0) is 18.4. The molecular weight excluding hydrogens is 370 g/mol. The second-order valence-corrected chi connectivity index (χ2v) is 7.28. The predicted molar refractivity (Wildman–Crippen MR) is 104 cm³/mol. The first kappa shape index (κ1) is 22.1. The fourth-order valence-corrected chi connectivity index (χ4v) is 3.75. The topological polar surface area (TPSA) is 92.5 Å². The van der Waals surface area contributed by atoms with Gasteiger partial charge in [0, 0.05) is 19.7 Å². The molecule has 0 saturated carbocycles. The number of carbonyl (C=O) groups excluding carboxylic acids is 1. The average Bonchev–Trinajstić information content (AvgIpc) is 3.32. The number of nitrogens with zero attached hydrogens (tertiary/aromatic N) is 3. The molecule has 3 unspecified atom stereocenters. The number of nitrogens with one attached hydrogen (secondary N) is 2. The van der Waals surface area contributed by atoms with Crippen LogP contribution < -0.4 is 10.6 Å². The summed E-state index contributed by atoms with van der Waals surface area (Å²) in [5.74, 6) is 1.85. The smallest absolute Gasteiger partial charge is 0.240 e. The molecule has 3 atom stereocenters. The molecule has 2 aliphatic heterocycles. The van der Waals surface area contributed by atoms with Crippen molar-refractivity contribution >= 4 is 18.3 Å². The molecule has 3 heterocycles. The Morgan fingerprint density at radius 2 is 2.30 bits per heavy atom. The summed E-state index contributed by atoms with van der Waals surface area (Å²) in [5.41, 5.74) is 0. The van der Waals surface area contributed by atoms with Crippen LogP contribution in [0, 0.1) is 5.92 Å². The highest BCUT2D eigenvalue weighted by atomic mass is 35.5. The Balaban J connectivity index is 0.00000261. The molecule has 1 aromatic rings. The maximum absolute atomic E-state index is 12.1. The van der Waals surface area contributed by atoms with Gasteiger partial charge in [-0.1, -0.05) is 5.16 Å². The Morgan fingerprint density at radius 1 is 1.44 bits per heavy atom. The fourth-order valence-electron chi connectivity index (χ4n) is 3.75. The van der Waals surface area contributed by atoms with Crippen LogP contribution in [0.3, 0.4) is 0 Å². The first-order valence-electron chi connectivity index (χ1n) is 9.83. The van der Waals surface area contributed by atoms with E-state index in [0.29, 0.717) is 30.8 Å². The number of likely N-dealkylation sites (tertiary alicyclic amines) is 1. The number of rotatable bonds is 8. The minimum Gasteiger partial charge on any atom is -0.371 e. The molecule has 9 heteroatoms. The number of carbonyl (C=O) groups is 1. The molecule has 2 fully saturated rings. The lowest BCUT2D eigenvalue weighted by molar-refractivity contribution is -0.123. The fraction of sp³-hybridized carbons (Fsp3) is 0.833. The summed E-state index contributed by atoms with van der Waals surface area (Å²) in [6.45, 7) is 8.81. The van der Waals surface area contributed by atoms with E-state index in [1.807, 2.05) is 13.8 Å². The first-order valence-corrected chi connectivity index (χ1v) is 9.83. The lowest BCUT2D eigenvalue weighted by Crippen LogP contribution is -2.45. The van der Waals surface area contributed by atoms with Crippen LogP contribution in [0.1, 0.15) is 57.3 Å². The molecule has 2 N–H and O–H groups in total. The van der Waals surface area contributed by atoms with Gasteiger partial charge in [-0.05, 0) is 58.5 Å². The lowest BCUT2D eigenvalue weighted by atomic mass is 9.98. The van der Waals surface area contributed by atoms with Crippen molar-refractivity contribution in [2.24, 2.45) is 5.92 Å². The zero-order valence-corrected chi connectivity index (χ0v) is 17.1. The Hall–Kier alpha value is -1.22. The molecule has 0 bridgehead atoms. The quantitative estimate of drug-likeness (QED) is 0.684. The van der Waals surface area contributed by atoms with Gasteiger partial charge in [-0.25, -0.2) is 0 Å². The predicted octanol–water partition coefficient (Wildman–Crippen LogP) is 1.67. The van der Waals surface area contributed by atoms with Crippen LogP contribution in [0.4, 0.5) is 0 Å². The molecule has 154 valence electrons. The maximum atomic E-state index is 12.1. The van der Waals surface area contributed by atoms with Gasteiger partial charge < -0.3 is 19.9 Å². The number of ether oxygens (including phenoxy) is 1. The Morgan fingerprint density at radius 3 is 3.04 bits per heavy atom. The van der Waals surface area contributed by atoms with Gasteiger partial charge in [0.1, 0.15) is 6.10 Å². The van der Waals surface area contributed by atoms with Crippen molar-refractivity contribution in [2.45, 2.75) is 58.2 Å². The maximum Gasteiger partial charge on any atom is 0.240 e. The highest BCUT2D eigenvalue weighted by Gasteiger charge is 2.25. The van der Waals surface area contributed by atoms with Crippen LogP contribution in [0.2, 0.25) is 0 Å². The van der Waals surface area contributed by atoms with Crippen molar-refractivity contribution in [3.05, 3.63) is 11.7 Å². The van der Waals surface area contributed by atoms with Crippen LogP contribution in [0.15, 0.2) is 4.52 Å². The summed E-state index contributed by atoms with van der Waals surface area (Å²) in [5, 5.41) is 10.4. The van der Waals surface area contributed by atoms with Crippen LogP contribution in [0.5, 0.6) is 0 Å². The molecular formula is C18H32ClN5O3. The third kappa shape index (κ3) is 6.41. The molecule has 2 aliphatic rings. The number of amides is 1. The van der Waals surface area contributed by atoms with Gasteiger partial charge in [0.05, 0.1) is 12.6 Å². The largest absolute Gasteiger partial charge is 0.371 e. The summed E-state index contributed by atoms with van der Waals surface area (Å²) in [7, 11) is 0. The van der Waals surface area contributed by atoms with E-state index in [1.54, 1.807) is 0 Å².